The maximum Gasteiger partial charge on any atom is 0.264 e. The molecule has 0 radical (unpaired) electrons. The summed E-state index contributed by atoms with van der Waals surface area (Å²) in [4.78, 5) is 23.5. The van der Waals surface area contributed by atoms with E-state index in [9.17, 15) is 10.1 Å². The number of nitriles is 1. The zero-order valence-corrected chi connectivity index (χ0v) is 24.6. The second-order valence-electron chi connectivity index (χ2n) is 11.4. The summed E-state index contributed by atoms with van der Waals surface area (Å²) in [7, 11) is 0. The van der Waals surface area contributed by atoms with Crippen LogP contribution in [0.2, 0.25) is 0 Å². The van der Waals surface area contributed by atoms with Crippen molar-refractivity contribution >= 4 is 23.3 Å². The second kappa shape index (κ2) is 13.2. The molecule has 5 rings (SSSR count). The van der Waals surface area contributed by atoms with Gasteiger partial charge in [-0.3, -0.25) is 10.2 Å². The van der Waals surface area contributed by atoms with Crippen molar-refractivity contribution in [2.24, 2.45) is 0 Å². The molecule has 2 aliphatic heterocycles. The van der Waals surface area contributed by atoms with Gasteiger partial charge in [0.1, 0.15) is 46.9 Å². The Morgan fingerprint density at radius 3 is 2.70 bits per heavy atom. The van der Waals surface area contributed by atoms with Crippen molar-refractivity contribution in [3.8, 4) is 17.6 Å². The van der Waals surface area contributed by atoms with E-state index in [0.717, 1.165) is 6.42 Å². The molecule has 0 saturated carbocycles. The highest BCUT2D eigenvalue weighted by molar-refractivity contribution is 6.16. The molecular formula is C32H35FN8O3. The van der Waals surface area contributed by atoms with Crippen LogP contribution in [0.4, 0.5) is 16.0 Å². The summed E-state index contributed by atoms with van der Waals surface area (Å²) in [6.07, 6.45) is 4.42. The van der Waals surface area contributed by atoms with Crippen LogP contribution in [0, 0.1) is 22.6 Å². The minimum atomic E-state index is -0.664. The molecule has 228 valence electrons. The lowest BCUT2D eigenvalue weighted by molar-refractivity contribution is -0.127. The number of carbonyl (C=O) groups excluding carboxylic acids is 1. The number of benzene rings is 2. The maximum absolute atomic E-state index is 15.2. The number of hydrogen-bond donors (Lipinski definition) is 4. The van der Waals surface area contributed by atoms with Crippen molar-refractivity contribution in [3.63, 3.8) is 0 Å². The third-order valence-corrected chi connectivity index (χ3v) is 7.53. The Bertz CT molecular complexity index is 1600. The molecular weight excluding hydrogens is 563 g/mol. The van der Waals surface area contributed by atoms with Gasteiger partial charge in [-0.2, -0.15) is 5.26 Å². The summed E-state index contributed by atoms with van der Waals surface area (Å²) >= 11 is 0. The van der Waals surface area contributed by atoms with Gasteiger partial charge in [0.25, 0.3) is 5.91 Å². The fourth-order valence-electron chi connectivity index (χ4n) is 5.38. The number of nitrogens with two attached hydrogens (primary N) is 1. The predicted octanol–water partition coefficient (Wildman–Crippen LogP) is 4.03. The number of nitrogens with one attached hydrogen (secondary N) is 3. The third kappa shape index (κ3) is 7.02. The molecule has 2 aliphatic rings. The molecule has 0 bridgehead atoms. The molecule has 44 heavy (non-hydrogen) atoms. The summed E-state index contributed by atoms with van der Waals surface area (Å²) in [5.74, 6) is 0.0960. The van der Waals surface area contributed by atoms with Gasteiger partial charge in [0.05, 0.1) is 30.5 Å². The number of amides is 1. The lowest BCUT2D eigenvalue weighted by Crippen LogP contribution is -2.54. The number of rotatable bonds is 11. The van der Waals surface area contributed by atoms with Gasteiger partial charge < -0.3 is 30.7 Å². The quantitative estimate of drug-likeness (QED) is 0.145. The zero-order chi connectivity index (χ0) is 31.3. The Balaban J connectivity index is 1.29. The van der Waals surface area contributed by atoms with E-state index in [1.165, 1.54) is 18.5 Å². The van der Waals surface area contributed by atoms with Gasteiger partial charge in [-0.15, -0.1) is 0 Å². The van der Waals surface area contributed by atoms with Crippen LogP contribution in [0.25, 0.3) is 0 Å². The second-order valence-corrected chi connectivity index (χ2v) is 11.4. The van der Waals surface area contributed by atoms with E-state index in [2.05, 4.69) is 26.7 Å². The SMILES string of the molecule is CC(C)(/C=C(\C#N)C(=O)N1CCCC1CNc1ncnc(N)c1C(=N)c1ccc(Oc2ccccc2)cc1F)NC1COC1. The largest absolute Gasteiger partial charge is 0.457 e. The van der Waals surface area contributed by atoms with Crippen LogP contribution in [0.1, 0.15) is 37.8 Å². The molecule has 3 aromatic rings. The smallest absolute Gasteiger partial charge is 0.264 e. The van der Waals surface area contributed by atoms with E-state index in [-0.39, 0.29) is 64.3 Å². The van der Waals surface area contributed by atoms with Crippen LogP contribution in [0.15, 0.2) is 66.5 Å². The van der Waals surface area contributed by atoms with Gasteiger partial charge in [0.2, 0.25) is 0 Å². The minimum Gasteiger partial charge on any atom is -0.457 e. The number of halogens is 1. The highest BCUT2D eigenvalue weighted by Gasteiger charge is 2.33. The summed E-state index contributed by atoms with van der Waals surface area (Å²) in [6, 6.07) is 15.3. The zero-order valence-electron chi connectivity index (χ0n) is 24.6. The van der Waals surface area contributed by atoms with Crippen molar-refractivity contribution in [1.82, 2.24) is 20.2 Å². The molecule has 0 spiro atoms. The minimum absolute atomic E-state index is 0.00104. The number of nitrogen functional groups attached to an aromatic ring is 1. The van der Waals surface area contributed by atoms with Crippen LogP contribution < -0.4 is 21.1 Å². The van der Waals surface area contributed by atoms with E-state index < -0.39 is 11.4 Å². The van der Waals surface area contributed by atoms with Gasteiger partial charge >= 0.3 is 0 Å². The van der Waals surface area contributed by atoms with Crippen molar-refractivity contribution in [1.29, 1.82) is 10.7 Å². The number of para-hydroxylation sites is 1. The van der Waals surface area contributed by atoms with Crippen molar-refractivity contribution in [3.05, 3.63) is 83.5 Å². The highest BCUT2D eigenvalue weighted by Crippen LogP contribution is 2.28. The fraction of sp³-hybridized carbons (Fsp3) is 0.344. The standard InChI is InChI=1S/C32H35FN8O3/c1-32(2,40-21-17-43-18-21)14-20(15-34)31(42)41-12-6-7-22(41)16-37-30-27(29(36)38-19-39-30)28(35)25-11-10-24(13-26(25)33)44-23-8-4-3-5-9-23/h3-5,8-11,13-14,19,21-22,35,40H,6-7,12,16-18H2,1-2H3,(H3,36,37,38,39)/b20-14+,35-28?. The lowest BCUT2D eigenvalue weighted by Gasteiger charge is -2.35. The normalized spacial score (nSPS) is 17.1. The molecule has 5 N–H and O–H groups in total. The molecule has 2 saturated heterocycles. The molecule has 1 unspecified atom stereocenters. The number of hydrogen-bond acceptors (Lipinski definition) is 10. The first-order valence-electron chi connectivity index (χ1n) is 14.4. The first kappa shape index (κ1) is 30.6. The first-order valence-corrected chi connectivity index (χ1v) is 14.4. The van der Waals surface area contributed by atoms with Gasteiger partial charge in [-0.25, -0.2) is 14.4 Å². The van der Waals surface area contributed by atoms with Gasteiger partial charge in [0, 0.05) is 36.3 Å². The average Bonchev–Trinajstić information content (AvgIpc) is 3.45. The molecule has 0 aliphatic carbocycles. The molecule has 1 amide bonds. The van der Waals surface area contributed by atoms with Gasteiger partial charge in [-0.05, 0) is 57.0 Å². The maximum atomic E-state index is 15.2. The number of carbonyl (C=O) groups is 1. The number of ether oxygens (including phenoxy) is 2. The number of anilines is 2. The van der Waals surface area contributed by atoms with Crippen molar-refractivity contribution in [2.45, 2.75) is 44.3 Å². The summed E-state index contributed by atoms with van der Waals surface area (Å²) in [5.41, 5.74) is 5.61. The van der Waals surface area contributed by atoms with Gasteiger partial charge in [0.15, 0.2) is 0 Å². The third-order valence-electron chi connectivity index (χ3n) is 7.53. The topological polar surface area (TPSA) is 162 Å². The first-order chi connectivity index (χ1) is 21.1. The number of nitrogens with zero attached hydrogens (tertiary/aromatic N) is 4. The Kier molecular flexibility index (Phi) is 9.18. The van der Waals surface area contributed by atoms with E-state index >= 15 is 4.39 Å². The van der Waals surface area contributed by atoms with E-state index in [4.69, 9.17) is 20.6 Å². The molecule has 3 heterocycles. The van der Waals surface area contributed by atoms with Crippen LogP contribution >= 0.6 is 0 Å². The highest BCUT2D eigenvalue weighted by atomic mass is 19.1. The fourth-order valence-corrected chi connectivity index (χ4v) is 5.38. The summed E-state index contributed by atoms with van der Waals surface area (Å²) in [6.45, 7) is 5.82. The van der Waals surface area contributed by atoms with Crippen molar-refractivity contribution < 1.29 is 18.7 Å². The lowest BCUT2D eigenvalue weighted by atomic mass is 9.98. The van der Waals surface area contributed by atoms with Crippen molar-refractivity contribution in [2.75, 3.05) is 37.4 Å². The summed E-state index contributed by atoms with van der Waals surface area (Å²) in [5, 5.41) is 25.3. The average molecular weight is 599 g/mol. The van der Waals surface area contributed by atoms with Gasteiger partial charge in [-0.1, -0.05) is 18.2 Å². The number of likely N-dealkylation sites (tertiary alicyclic amines) is 1. The molecule has 12 heteroatoms. The summed E-state index contributed by atoms with van der Waals surface area (Å²) < 4.78 is 26.2. The molecule has 1 atom stereocenters. The van der Waals surface area contributed by atoms with E-state index in [1.54, 1.807) is 29.2 Å². The van der Waals surface area contributed by atoms with Crippen LogP contribution in [-0.4, -0.2) is 70.4 Å². The van der Waals surface area contributed by atoms with Crippen LogP contribution in [0.3, 0.4) is 0 Å². The molecule has 1 aromatic heterocycles. The van der Waals surface area contributed by atoms with E-state index in [1.807, 2.05) is 32.0 Å². The Morgan fingerprint density at radius 2 is 2.02 bits per heavy atom. The van der Waals surface area contributed by atoms with E-state index in [0.29, 0.717) is 31.9 Å². The Hall–Kier alpha value is -4.86. The van der Waals surface area contributed by atoms with Crippen LogP contribution in [-0.2, 0) is 9.53 Å². The Labute approximate surface area is 255 Å². The predicted molar refractivity (Wildman–Crippen MR) is 164 cm³/mol. The molecule has 11 nitrogen and oxygen atoms in total. The molecule has 2 aromatic carbocycles. The van der Waals surface area contributed by atoms with Crippen LogP contribution in [0.5, 0.6) is 11.5 Å². The Morgan fingerprint density at radius 1 is 1.25 bits per heavy atom. The number of aromatic nitrogens is 2. The molecule has 2 fully saturated rings. The monoisotopic (exact) mass is 598 g/mol.